The molecule has 34 heavy (non-hydrogen) atoms. The van der Waals surface area contributed by atoms with Crippen molar-refractivity contribution in [3.05, 3.63) is 67.1 Å². The Balaban J connectivity index is 1.85. The lowest BCUT2D eigenvalue weighted by atomic mass is 9.86. The maximum Gasteiger partial charge on any atom is 0.435 e. The first kappa shape index (κ1) is 27.3. The van der Waals surface area contributed by atoms with Crippen molar-refractivity contribution in [2.24, 2.45) is 5.16 Å². The molecule has 4 nitrogen and oxygen atoms in total. The van der Waals surface area contributed by atoms with Crippen LogP contribution in [-0.2, 0) is 21.8 Å². The van der Waals surface area contributed by atoms with Crippen LogP contribution in [0.2, 0.25) is 20.1 Å². The number of carbonyl (C=O) groups excluding carboxylic acids is 1. The molecule has 1 aliphatic rings. The summed E-state index contributed by atoms with van der Waals surface area (Å²) in [5.41, 5.74) is -2.03. The molecule has 2 aromatic rings. The molecule has 0 spiro atoms. The second-order valence-corrected chi connectivity index (χ2v) is 10.5. The van der Waals surface area contributed by atoms with Gasteiger partial charge in [-0.15, -0.1) is 0 Å². The standard InChI is InChI=1S/C22H19Cl4F3N2O2S/c1-3-34-11-19(32)31(2)10-13-5-4-12(6-15(13)23)18-9-21(33-30-18,22(27,28)29)14-7-16(24)20(26)17(25)8-14/h4-8H,3,9-11H2,1-2H3. The van der Waals surface area contributed by atoms with Crippen LogP contribution in [0.25, 0.3) is 0 Å². The summed E-state index contributed by atoms with van der Waals surface area (Å²) in [5.74, 6) is 1.14. The van der Waals surface area contributed by atoms with Crippen molar-refractivity contribution in [2.45, 2.75) is 31.7 Å². The topological polar surface area (TPSA) is 41.9 Å². The summed E-state index contributed by atoms with van der Waals surface area (Å²) in [6.07, 6.45) is -5.45. The number of rotatable bonds is 7. The third-order valence-corrected chi connectivity index (χ3v) is 7.69. The molecule has 12 heteroatoms. The summed E-state index contributed by atoms with van der Waals surface area (Å²) >= 11 is 25.7. The van der Waals surface area contributed by atoms with Gasteiger partial charge in [-0.25, -0.2) is 0 Å². The number of nitrogens with zero attached hydrogens (tertiary/aromatic N) is 2. The molecule has 0 saturated carbocycles. The molecule has 184 valence electrons. The van der Waals surface area contributed by atoms with Crippen LogP contribution in [0.3, 0.4) is 0 Å². The summed E-state index contributed by atoms with van der Waals surface area (Å²) in [4.78, 5) is 18.7. The van der Waals surface area contributed by atoms with Gasteiger partial charge in [0.2, 0.25) is 5.91 Å². The Kier molecular flexibility index (Phi) is 8.62. The quantitative estimate of drug-likeness (QED) is 0.320. The fourth-order valence-electron chi connectivity index (χ4n) is 3.35. The van der Waals surface area contributed by atoms with Crippen LogP contribution in [0, 0.1) is 0 Å². The minimum atomic E-state index is -4.83. The summed E-state index contributed by atoms with van der Waals surface area (Å²) in [5, 5.41) is 3.71. The molecular formula is C22H19Cl4F3N2O2S. The normalized spacial score (nSPS) is 18.0. The van der Waals surface area contributed by atoms with E-state index in [2.05, 4.69) is 5.16 Å². The van der Waals surface area contributed by atoms with E-state index in [1.165, 1.54) is 17.8 Å². The van der Waals surface area contributed by atoms with Crippen LogP contribution in [0.1, 0.15) is 30.0 Å². The van der Waals surface area contributed by atoms with Crippen LogP contribution in [0.4, 0.5) is 13.2 Å². The van der Waals surface area contributed by atoms with E-state index in [4.69, 9.17) is 51.2 Å². The zero-order valence-corrected chi connectivity index (χ0v) is 21.8. The molecular weight excluding hydrogens is 555 g/mol. The SMILES string of the molecule is CCSCC(=O)N(C)Cc1ccc(C2=NOC(c3cc(Cl)c(Cl)c(Cl)c3)(C(F)(F)F)C2)cc1Cl. The van der Waals surface area contributed by atoms with Crippen LogP contribution >= 0.6 is 58.2 Å². The molecule has 0 N–H and O–H groups in total. The molecule has 1 atom stereocenters. The second-order valence-electron chi connectivity index (χ2n) is 7.58. The van der Waals surface area contributed by atoms with Gasteiger partial charge >= 0.3 is 6.18 Å². The number of halogens is 7. The molecule has 0 fully saturated rings. The number of alkyl halides is 3. The first-order valence-electron chi connectivity index (χ1n) is 9.97. The summed E-state index contributed by atoms with van der Waals surface area (Å²) < 4.78 is 42.7. The van der Waals surface area contributed by atoms with E-state index < -0.39 is 18.2 Å². The molecule has 0 radical (unpaired) electrons. The molecule has 1 aliphatic heterocycles. The molecule has 2 aromatic carbocycles. The predicted molar refractivity (Wildman–Crippen MR) is 132 cm³/mol. The Morgan fingerprint density at radius 3 is 2.35 bits per heavy atom. The minimum absolute atomic E-state index is 0.0455. The van der Waals surface area contributed by atoms with Crippen molar-refractivity contribution >= 4 is 69.8 Å². The van der Waals surface area contributed by atoms with Gasteiger partial charge < -0.3 is 9.74 Å². The fourth-order valence-corrected chi connectivity index (χ4v) is 4.78. The highest BCUT2D eigenvalue weighted by molar-refractivity contribution is 7.99. The minimum Gasteiger partial charge on any atom is -0.374 e. The van der Waals surface area contributed by atoms with Crippen molar-refractivity contribution in [2.75, 3.05) is 18.6 Å². The average molecular weight is 574 g/mol. The maximum atomic E-state index is 14.2. The number of benzene rings is 2. The molecule has 0 aromatic heterocycles. The smallest absolute Gasteiger partial charge is 0.374 e. The highest BCUT2D eigenvalue weighted by atomic mass is 35.5. The van der Waals surface area contributed by atoms with Crippen molar-refractivity contribution in [3.8, 4) is 0 Å². The summed E-state index contributed by atoms with van der Waals surface area (Å²) in [6.45, 7) is 2.23. The lowest BCUT2D eigenvalue weighted by Gasteiger charge is -2.30. The zero-order valence-electron chi connectivity index (χ0n) is 18.0. The van der Waals surface area contributed by atoms with Crippen molar-refractivity contribution < 1.29 is 22.8 Å². The molecule has 1 heterocycles. The summed E-state index contributed by atoms with van der Waals surface area (Å²) in [6, 6.07) is 6.90. The van der Waals surface area contributed by atoms with Gasteiger partial charge in [0.25, 0.3) is 5.60 Å². The average Bonchev–Trinajstić information content (AvgIpc) is 3.23. The lowest BCUT2D eigenvalue weighted by molar-refractivity contribution is -0.275. The number of carbonyl (C=O) groups is 1. The van der Waals surface area contributed by atoms with Gasteiger partial charge in [0.15, 0.2) is 0 Å². The Morgan fingerprint density at radius 2 is 1.79 bits per heavy atom. The molecule has 1 unspecified atom stereocenters. The van der Waals surface area contributed by atoms with Crippen LogP contribution in [0.5, 0.6) is 0 Å². The van der Waals surface area contributed by atoms with Crippen LogP contribution in [0.15, 0.2) is 35.5 Å². The molecule has 0 bridgehead atoms. The van der Waals surface area contributed by atoms with Crippen LogP contribution < -0.4 is 0 Å². The monoisotopic (exact) mass is 572 g/mol. The number of thioether (sulfide) groups is 1. The van der Waals surface area contributed by atoms with Gasteiger partial charge in [0, 0.05) is 36.2 Å². The number of hydrogen-bond acceptors (Lipinski definition) is 4. The van der Waals surface area contributed by atoms with E-state index in [-0.39, 0.29) is 38.8 Å². The van der Waals surface area contributed by atoms with Crippen molar-refractivity contribution in [1.29, 1.82) is 0 Å². The number of oxime groups is 1. The number of hydrogen-bond donors (Lipinski definition) is 0. The second kappa shape index (κ2) is 10.7. The first-order valence-corrected chi connectivity index (χ1v) is 12.6. The van der Waals surface area contributed by atoms with Gasteiger partial charge in [-0.1, -0.05) is 70.6 Å². The Morgan fingerprint density at radius 1 is 1.15 bits per heavy atom. The highest BCUT2D eigenvalue weighted by Gasteiger charge is 2.62. The van der Waals surface area contributed by atoms with Gasteiger partial charge in [-0.05, 0) is 29.5 Å². The Labute approximate surface area is 219 Å². The Bertz CT molecular complexity index is 1110. The zero-order chi connectivity index (χ0) is 25.3. The molecule has 0 aliphatic carbocycles. The third-order valence-electron chi connectivity index (χ3n) is 5.29. The maximum absolute atomic E-state index is 14.2. The van der Waals surface area contributed by atoms with E-state index in [9.17, 15) is 18.0 Å². The Hall–Kier alpha value is -1.32. The van der Waals surface area contributed by atoms with Crippen molar-refractivity contribution in [1.82, 2.24) is 4.90 Å². The van der Waals surface area contributed by atoms with E-state index in [1.54, 1.807) is 24.1 Å². The van der Waals surface area contributed by atoms with Gasteiger partial charge in [0.05, 0.1) is 26.5 Å². The molecule has 3 rings (SSSR count). The third kappa shape index (κ3) is 5.57. The first-order chi connectivity index (χ1) is 15.9. The van der Waals surface area contributed by atoms with Crippen molar-refractivity contribution in [3.63, 3.8) is 0 Å². The molecule has 0 saturated heterocycles. The van der Waals surface area contributed by atoms with E-state index >= 15 is 0 Å². The highest BCUT2D eigenvalue weighted by Crippen LogP contribution is 2.50. The summed E-state index contributed by atoms with van der Waals surface area (Å²) in [7, 11) is 1.66. The van der Waals surface area contributed by atoms with Crippen LogP contribution in [-0.4, -0.2) is 41.2 Å². The van der Waals surface area contributed by atoms with E-state index in [1.807, 2.05) is 6.92 Å². The van der Waals surface area contributed by atoms with E-state index in [0.717, 1.165) is 17.9 Å². The van der Waals surface area contributed by atoms with E-state index in [0.29, 0.717) is 21.9 Å². The molecule has 1 amide bonds. The predicted octanol–water partition coefficient (Wildman–Crippen LogP) is 7.59. The van der Waals surface area contributed by atoms with Gasteiger partial charge in [-0.3, -0.25) is 4.79 Å². The lowest BCUT2D eigenvalue weighted by Crippen LogP contribution is -2.42. The largest absolute Gasteiger partial charge is 0.435 e. The van der Waals surface area contributed by atoms with Gasteiger partial charge in [0.1, 0.15) is 0 Å². The number of amides is 1. The van der Waals surface area contributed by atoms with Gasteiger partial charge in [-0.2, -0.15) is 24.9 Å². The fraction of sp³-hybridized carbons (Fsp3) is 0.364.